The maximum Gasteiger partial charge on any atom is 0.276 e. The molecule has 2 atom stereocenters. The molecule has 0 unspecified atom stereocenters. The molecule has 0 radical (unpaired) electrons. The molecule has 4 rings (SSSR count). The zero-order valence-electron chi connectivity index (χ0n) is 15.8. The minimum Gasteiger partial charge on any atom is -0.502 e. The number of carbonyl (C=O) groups is 1. The second kappa shape index (κ2) is 7.72. The van der Waals surface area contributed by atoms with Crippen LogP contribution in [0.4, 0.5) is 0 Å². The number of aromatic nitrogens is 2. The van der Waals surface area contributed by atoms with Crippen LogP contribution in [0.15, 0.2) is 65.6 Å². The first-order valence-electron chi connectivity index (χ1n) is 9.41. The summed E-state index contributed by atoms with van der Waals surface area (Å²) in [5.74, 6) is -1.15. The van der Waals surface area contributed by atoms with Crippen molar-refractivity contribution in [2.45, 2.75) is 18.9 Å². The second-order valence-electron chi connectivity index (χ2n) is 7.01. The van der Waals surface area contributed by atoms with E-state index >= 15 is 0 Å². The van der Waals surface area contributed by atoms with E-state index in [4.69, 9.17) is 11.6 Å². The lowest BCUT2D eigenvalue weighted by molar-refractivity contribution is 0.0646. The van der Waals surface area contributed by atoms with Gasteiger partial charge in [-0.15, -0.1) is 0 Å². The van der Waals surface area contributed by atoms with Crippen LogP contribution in [0.2, 0.25) is 5.02 Å². The van der Waals surface area contributed by atoms with Gasteiger partial charge in [0.05, 0.1) is 12.2 Å². The quantitative estimate of drug-likeness (QED) is 0.716. The molecule has 2 heterocycles. The number of aromatic hydroxyl groups is 1. The monoisotopic (exact) mass is 409 g/mol. The van der Waals surface area contributed by atoms with Gasteiger partial charge in [-0.25, -0.2) is 0 Å². The fraction of sp³-hybridized carbons (Fsp3) is 0.227. The van der Waals surface area contributed by atoms with Gasteiger partial charge in [-0.2, -0.15) is 5.10 Å². The number of amides is 1. The third-order valence-corrected chi connectivity index (χ3v) is 5.57. The largest absolute Gasteiger partial charge is 0.502 e. The van der Waals surface area contributed by atoms with E-state index < -0.39 is 17.1 Å². The van der Waals surface area contributed by atoms with Gasteiger partial charge >= 0.3 is 0 Å². The summed E-state index contributed by atoms with van der Waals surface area (Å²) < 4.78 is 1.49. The molecule has 1 N–H and O–H groups in total. The SMILES string of the molecule is CCN1C[C@@H]([C@@H](c2ccccc2)c2cccc(Cl)c2)n2ncc(=O)c(O)c2C1=O. The summed E-state index contributed by atoms with van der Waals surface area (Å²) >= 11 is 6.27. The highest BCUT2D eigenvalue weighted by Gasteiger charge is 2.39. The van der Waals surface area contributed by atoms with Crippen molar-refractivity contribution >= 4 is 17.5 Å². The van der Waals surface area contributed by atoms with Crippen LogP contribution in [-0.2, 0) is 0 Å². The van der Waals surface area contributed by atoms with Crippen LogP contribution in [0, 0.1) is 0 Å². The molecule has 0 saturated heterocycles. The van der Waals surface area contributed by atoms with E-state index in [2.05, 4.69) is 5.10 Å². The highest BCUT2D eigenvalue weighted by molar-refractivity contribution is 6.30. The predicted molar refractivity (Wildman–Crippen MR) is 111 cm³/mol. The summed E-state index contributed by atoms with van der Waals surface area (Å²) in [5, 5.41) is 15.2. The molecule has 1 aliphatic rings. The number of carbonyl (C=O) groups excluding carboxylic acids is 1. The van der Waals surface area contributed by atoms with E-state index in [0.29, 0.717) is 18.1 Å². The Hall–Kier alpha value is -3.12. The van der Waals surface area contributed by atoms with Crippen LogP contribution in [-0.4, -0.2) is 38.8 Å². The molecule has 6 nitrogen and oxygen atoms in total. The van der Waals surface area contributed by atoms with E-state index in [1.54, 1.807) is 4.90 Å². The Bertz CT molecular complexity index is 1110. The summed E-state index contributed by atoms with van der Waals surface area (Å²) in [7, 11) is 0. The Balaban J connectivity index is 1.96. The molecule has 7 heteroatoms. The smallest absolute Gasteiger partial charge is 0.276 e. The van der Waals surface area contributed by atoms with E-state index in [1.807, 2.05) is 61.5 Å². The Morgan fingerprint density at radius 1 is 1.14 bits per heavy atom. The van der Waals surface area contributed by atoms with E-state index in [-0.39, 0.29) is 17.7 Å². The molecular weight excluding hydrogens is 390 g/mol. The van der Waals surface area contributed by atoms with Crippen LogP contribution < -0.4 is 5.43 Å². The molecule has 2 aromatic carbocycles. The Kier molecular flexibility index (Phi) is 5.11. The van der Waals surface area contributed by atoms with Gasteiger partial charge in [-0.1, -0.05) is 54.1 Å². The Labute approximate surface area is 173 Å². The Morgan fingerprint density at radius 3 is 2.55 bits per heavy atom. The molecule has 0 aliphatic carbocycles. The summed E-state index contributed by atoms with van der Waals surface area (Å²) in [4.78, 5) is 26.5. The first-order valence-corrected chi connectivity index (χ1v) is 9.79. The zero-order chi connectivity index (χ0) is 20.5. The van der Waals surface area contributed by atoms with Crippen molar-refractivity contribution in [1.29, 1.82) is 0 Å². The summed E-state index contributed by atoms with van der Waals surface area (Å²) in [6, 6.07) is 17.1. The van der Waals surface area contributed by atoms with Crippen molar-refractivity contribution in [3.63, 3.8) is 0 Å². The number of likely N-dealkylation sites (N-methyl/N-ethyl adjacent to an activating group) is 1. The first kappa shape index (κ1) is 19.2. The van der Waals surface area contributed by atoms with Crippen LogP contribution >= 0.6 is 11.6 Å². The van der Waals surface area contributed by atoms with Gasteiger partial charge in [0.2, 0.25) is 5.43 Å². The van der Waals surface area contributed by atoms with Crippen molar-refractivity contribution in [2.24, 2.45) is 0 Å². The molecule has 0 spiro atoms. The minimum absolute atomic E-state index is 0.0708. The third kappa shape index (κ3) is 3.40. The van der Waals surface area contributed by atoms with Crippen LogP contribution in [0.25, 0.3) is 0 Å². The zero-order valence-corrected chi connectivity index (χ0v) is 16.6. The van der Waals surface area contributed by atoms with Gasteiger partial charge in [0, 0.05) is 24.0 Å². The van der Waals surface area contributed by atoms with Crippen molar-refractivity contribution in [3.8, 4) is 5.75 Å². The normalized spacial score (nSPS) is 17.1. The standard InChI is InChI=1S/C22H20ClN3O3/c1-2-25-13-17(26-20(22(25)29)21(28)18(27)12-24-26)19(14-7-4-3-5-8-14)15-9-6-10-16(23)11-15/h3-12,17,19,28H,2,13H2,1H3/t17-,19-/m0/s1. The van der Waals surface area contributed by atoms with Crippen molar-refractivity contribution in [1.82, 2.24) is 14.7 Å². The van der Waals surface area contributed by atoms with Gasteiger partial charge in [0.25, 0.3) is 5.91 Å². The van der Waals surface area contributed by atoms with E-state index in [1.165, 1.54) is 4.68 Å². The van der Waals surface area contributed by atoms with Gasteiger partial charge in [0.1, 0.15) is 0 Å². The summed E-state index contributed by atoms with van der Waals surface area (Å²) in [6.07, 6.45) is 1.06. The number of nitrogens with zero attached hydrogens (tertiary/aromatic N) is 3. The first-order chi connectivity index (χ1) is 14.0. The minimum atomic E-state index is -0.666. The molecule has 0 saturated carbocycles. The Morgan fingerprint density at radius 2 is 1.86 bits per heavy atom. The number of benzene rings is 2. The molecule has 1 aliphatic heterocycles. The fourth-order valence-electron chi connectivity index (χ4n) is 3.96. The molecule has 1 amide bonds. The summed E-state index contributed by atoms with van der Waals surface area (Å²) in [5.41, 5.74) is 1.25. The van der Waals surface area contributed by atoms with E-state index in [9.17, 15) is 14.7 Å². The highest BCUT2D eigenvalue weighted by Crippen LogP contribution is 2.39. The third-order valence-electron chi connectivity index (χ3n) is 5.33. The second-order valence-corrected chi connectivity index (χ2v) is 7.44. The maximum absolute atomic E-state index is 12.9. The van der Waals surface area contributed by atoms with E-state index in [0.717, 1.165) is 17.3 Å². The lowest BCUT2D eigenvalue weighted by Crippen LogP contribution is -2.46. The predicted octanol–water partition coefficient (Wildman–Crippen LogP) is 3.45. The maximum atomic E-state index is 12.9. The average Bonchev–Trinajstić information content (AvgIpc) is 2.73. The lowest BCUT2D eigenvalue weighted by Gasteiger charge is -2.38. The topological polar surface area (TPSA) is 75.4 Å². The number of rotatable bonds is 4. The molecule has 0 fully saturated rings. The molecule has 3 aromatic rings. The highest BCUT2D eigenvalue weighted by atomic mass is 35.5. The molecule has 148 valence electrons. The van der Waals surface area contributed by atoms with Crippen LogP contribution in [0.1, 0.15) is 40.5 Å². The molecule has 0 bridgehead atoms. The lowest BCUT2D eigenvalue weighted by atomic mass is 9.83. The van der Waals surface area contributed by atoms with Crippen LogP contribution in [0.3, 0.4) is 0 Å². The number of hydrogen-bond donors (Lipinski definition) is 1. The van der Waals surface area contributed by atoms with Crippen molar-refractivity contribution in [3.05, 3.63) is 92.9 Å². The van der Waals surface area contributed by atoms with Crippen LogP contribution in [0.5, 0.6) is 5.75 Å². The number of hydrogen-bond acceptors (Lipinski definition) is 4. The van der Waals surface area contributed by atoms with Crippen molar-refractivity contribution < 1.29 is 9.90 Å². The van der Waals surface area contributed by atoms with Gasteiger partial charge in [-0.05, 0) is 30.2 Å². The fourth-order valence-corrected chi connectivity index (χ4v) is 4.16. The number of halogens is 1. The van der Waals surface area contributed by atoms with Crippen molar-refractivity contribution in [2.75, 3.05) is 13.1 Å². The molecule has 29 heavy (non-hydrogen) atoms. The molecule has 1 aromatic heterocycles. The summed E-state index contributed by atoms with van der Waals surface area (Å²) in [6.45, 7) is 2.71. The average molecular weight is 410 g/mol. The molecular formula is C22H20ClN3O3. The van der Waals surface area contributed by atoms with Gasteiger partial charge in [0.15, 0.2) is 11.4 Å². The van der Waals surface area contributed by atoms with Gasteiger partial charge < -0.3 is 10.0 Å². The number of fused-ring (bicyclic) bond motifs is 1. The van der Waals surface area contributed by atoms with Gasteiger partial charge in [-0.3, -0.25) is 14.3 Å².